The number of benzene rings is 2. The molecule has 0 spiro atoms. The summed E-state index contributed by atoms with van der Waals surface area (Å²) in [5.74, 6) is -1.09. The van der Waals surface area contributed by atoms with Crippen molar-refractivity contribution < 1.29 is 29.6 Å². The molecule has 0 amide bonds. The number of ether oxygens (including phenoxy) is 1. The number of aromatic hydroxyl groups is 1. The van der Waals surface area contributed by atoms with Gasteiger partial charge in [0, 0.05) is 22.3 Å². The molecule has 3 N–H and O–H groups in total. The molecule has 0 unspecified atom stereocenters. The van der Waals surface area contributed by atoms with Crippen molar-refractivity contribution >= 4 is 17.1 Å². The lowest BCUT2D eigenvalue weighted by Gasteiger charge is -2.34. The van der Waals surface area contributed by atoms with E-state index in [4.69, 9.17) is 4.74 Å². The normalized spacial score (nSPS) is 21.2. The van der Waals surface area contributed by atoms with Gasteiger partial charge < -0.3 is 20.1 Å². The minimum Gasteiger partial charge on any atom is -0.507 e. The molecule has 2 aromatic rings. The fourth-order valence-corrected chi connectivity index (χ4v) is 3.79. The number of aliphatic hydroxyl groups is 2. The van der Waals surface area contributed by atoms with E-state index in [0.717, 1.165) is 0 Å². The SMILES string of the molecule is COc1cccc2c1C(=O)C1=C(C2=O)c2c(O)cc(C)cc2[C@@H](O)[C@H]1O. The summed E-state index contributed by atoms with van der Waals surface area (Å²) in [4.78, 5) is 26.2. The molecule has 2 aliphatic rings. The van der Waals surface area contributed by atoms with Crippen molar-refractivity contribution in [2.24, 2.45) is 0 Å². The number of rotatable bonds is 1. The quantitative estimate of drug-likeness (QED) is 0.725. The lowest BCUT2D eigenvalue weighted by molar-refractivity contribution is 0.0363. The molecule has 2 atom stereocenters. The lowest BCUT2D eigenvalue weighted by Crippen LogP contribution is -2.36. The van der Waals surface area contributed by atoms with Gasteiger partial charge in [0.25, 0.3) is 0 Å². The highest BCUT2D eigenvalue weighted by molar-refractivity contribution is 6.42. The van der Waals surface area contributed by atoms with Crippen LogP contribution in [0.25, 0.3) is 5.57 Å². The van der Waals surface area contributed by atoms with E-state index in [9.17, 15) is 24.9 Å². The van der Waals surface area contributed by atoms with Gasteiger partial charge in [0.1, 0.15) is 23.7 Å². The Balaban J connectivity index is 2.08. The highest BCUT2D eigenvalue weighted by atomic mass is 16.5. The van der Waals surface area contributed by atoms with Crippen LogP contribution in [0.3, 0.4) is 0 Å². The number of phenols is 1. The maximum absolute atomic E-state index is 13.1. The zero-order valence-electron chi connectivity index (χ0n) is 14.1. The third-order valence-corrected chi connectivity index (χ3v) is 4.91. The van der Waals surface area contributed by atoms with Crippen LogP contribution in [0, 0.1) is 6.92 Å². The monoisotopic (exact) mass is 352 g/mol. The predicted molar refractivity (Wildman–Crippen MR) is 92.4 cm³/mol. The van der Waals surface area contributed by atoms with E-state index in [1.54, 1.807) is 25.1 Å². The zero-order valence-corrected chi connectivity index (χ0v) is 14.1. The number of hydrogen-bond acceptors (Lipinski definition) is 6. The minimum absolute atomic E-state index is 0.0556. The number of allylic oxidation sites excluding steroid dienone is 1. The van der Waals surface area contributed by atoms with Crippen molar-refractivity contribution in [2.45, 2.75) is 19.1 Å². The molecule has 2 aromatic carbocycles. The van der Waals surface area contributed by atoms with E-state index >= 15 is 0 Å². The largest absolute Gasteiger partial charge is 0.507 e. The molecule has 2 aliphatic carbocycles. The topological polar surface area (TPSA) is 104 Å². The van der Waals surface area contributed by atoms with Crippen molar-refractivity contribution in [2.75, 3.05) is 7.11 Å². The van der Waals surface area contributed by atoms with Crippen molar-refractivity contribution in [3.63, 3.8) is 0 Å². The Morgan fingerprint density at radius 3 is 2.42 bits per heavy atom. The molecule has 6 heteroatoms. The number of aryl methyl sites for hydroxylation is 1. The van der Waals surface area contributed by atoms with Crippen LogP contribution in [-0.4, -0.2) is 40.1 Å². The maximum Gasteiger partial charge on any atom is 0.196 e. The number of hydrogen-bond donors (Lipinski definition) is 3. The molecule has 132 valence electrons. The van der Waals surface area contributed by atoms with Gasteiger partial charge in [-0.05, 0) is 30.2 Å². The van der Waals surface area contributed by atoms with E-state index in [-0.39, 0.29) is 44.9 Å². The number of ketones is 2. The molecular weight excluding hydrogens is 336 g/mol. The highest BCUT2D eigenvalue weighted by Gasteiger charge is 2.45. The van der Waals surface area contributed by atoms with E-state index in [1.807, 2.05) is 0 Å². The first-order valence-electron chi connectivity index (χ1n) is 8.07. The van der Waals surface area contributed by atoms with Gasteiger partial charge >= 0.3 is 0 Å². The van der Waals surface area contributed by atoms with Gasteiger partial charge in [-0.2, -0.15) is 0 Å². The van der Waals surface area contributed by atoms with E-state index in [0.29, 0.717) is 5.56 Å². The van der Waals surface area contributed by atoms with Crippen LogP contribution >= 0.6 is 0 Å². The van der Waals surface area contributed by atoms with Gasteiger partial charge in [0.05, 0.1) is 12.7 Å². The second kappa shape index (κ2) is 5.52. The first kappa shape index (κ1) is 16.5. The van der Waals surface area contributed by atoms with E-state index in [1.165, 1.54) is 19.2 Å². The molecule has 0 radical (unpaired) electrons. The van der Waals surface area contributed by atoms with Crippen molar-refractivity contribution in [1.82, 2.24) is 0 Å². The first-order chi connectivity index (χ1) is 12.4. The number of carbonyl (C=O) groups is 2. The number of carbonyl (C=O) groups excluding carboxylic acids is 2. The van der Waals surface area contributed by atoms with Crippen LogP contribution in [0.5, 0.6) is 11.5 Å². The third kappa shape index (κ3) is 2.00. The second-order valence-corrected chi connectivity index (χ2v) is 6.47. The molecule has 6 nitrogen and oxygen atoms in total. The molecule has 0 aliphatic heterocycles. The number of methoxy groups -OCH3 is 1. The van der Waals surface area contributed by atoms with Gasteiger partial charge in [0.2, 0.25) is 0 Å². The molecule has 0 saturated carbocycles. The molecule has 0 heterocycles. The maximum atomic E-state index is 13.1. The molecule has 0 fully saturated rings. The average molecular weight is 352 g/mol. The summed E-state index contributed by atoms with van der Waals surface area (Å²) >= 11 is 0. The van der Waals surface area contributed by atoms with Crippen LogP contribution in [0.4, 0.5) is 0 Å². The summed E-state index contributed by atoms with van der Waals surface area (Å²) < 4.78 is 5.19. The Morgan fingerprint density at radius 1 is 1.00 bits per heavy atom. The van der Waals surface area contributed by atoms with Gasteiger partial charge in [-0.25, -0.2) is 0 Å². The van der Waals surface area contributed by atoms with Gasteiger partial charge in [-0.15, -0.1) is 0 Å². The van der Waals surface area contributed by atoms with Crippen molar-refractivity contribution in [3.05, 3.63) is 63.7 Å². The summed E-state index contributed by atoms with van der Waals surface area (Å²) in [6.07, 6.45) is -3.00. The Labute approximate surface area is 149 Å². The summed E-state index contributed by atoms with van der Waals surface area (Å²) in [6, 6.07) is 7.69. The van der Waals surface area contributed by atoms with Gasteiger partial charge in [-0.3, -0.25) is 9.59 Å². The molecule has 26 heavy (non-hydrogen) atoms. The van der Waals surface area contributed by atoms with Crippen molar-refractivity contribution in [3.8, 4) is 11.5 Å². The van der Waals surface area contributed by atoms with E-state index in [2.05, 4.69) is 0 Å². The Kier molecular flexibility index (Phi) is 3.50. The first-order valence-corrected chi connectivity index (χ1v) is 8.07. The minimum atomic E-state index is -1.58. The Morgan fingerprint density at radius 2 is 1.73 bits per heavy atom. The number of fused-ring (bicyclic) bond motifs is 3. The zero-order chi connectivity index (χ0) is 18.7. The fourth-order valence-electron chi connectivity index (χ4n) is 3.79. The summed E-state index contributed by atoms with van der Waals surface area (Å²) in [5, 5.41) is 31.5. The molecule has 0 aromatic heterocycles. The standard InChI is InChI=1S/C20H16O6/c1-8-6-10-13(11(21)7-8)15-16(20(25)18(10)23)19(24)14-9(17(15)22)4-3-5-12(14)26-2/h3-7,18,20-21,23,25H,1-2H3/t18-,20+/m1/s1. The number of phenolic OH excluding ortho intramolecular Hbond substituents is 1. The fraction of sp³-hybridized carbons (Fsp3) is 0.200. The highest BCUT2D eigenvalue weighted by Crippen LogP contribution is 2.48. The summed E-state index contributed by atoms with van der Waals surface area (Å²) in [5.41, 5.74) is 0.888. The van der Waals surface area contributed by atoms with Crippen LogP contribution in [-0.2, 0) is 0 Å². The van der Waals surface area contributed by atoms with Crippen molar-refractivity contribution in [1.29, 1.82) is 0 Å². The van der Waals surface area contributed by atoms with Crippen LogP contribution in [0.2, 0.25) is 0 Å². The Bertz CT molecular complexity index is 1020. The summed E-state index contributed by atoms with van der Waals surface area (Å²) in [6.45, 7) is 1.72. The Hall–Kier alpha value is -2.96. The van der Waals surface area contributed by atoms with E-state index < -0.39 is 23.8 Å². The number of aliphatic hydroxyl groups excluding tert-OH is 2. The molecule has 4 rings (SSSR count). The second-order valence-electron chi connectivity index (χ2n) is 6.47. The van der Waals surface area contributed by atoms with Crippen LogP contribution in [0.1, 0.15) is 43.5 Å². The average Bonchev–Trinajstić information content (AvgIpc) is 2.62. The van der Waals surface area contributed by atoms with Crippen LogP contribution < -0.4 is 4.74 Å². The lowest BCUT2D eigenvalue weighted by atomic mass is 9.72. The van der Waals surface area contributed by atoms with Gasteiger partial charge in [-0.1, -0.05) is 18.2 Å². The predicted octanol–water partition coefficient (Wildman–Crippen LogP) is 1.95. The molecule has 0 saturated heterocycles. The summed E-state index contributed by atoms with van der Waals surface area (Å²) in [7, 11) is 1.38. The van der Waals surface area contributed by atoms with Crippen LogP contribution in [0.15, 0.2) is 35.9 Å². The number of Topliss-reactive ketones (excluding diaryl/α,β-unsaturated/α-hetero) is 2. The molecule has 0 bridgehead atoms. The smallest absolute Gasteiger partial charge is 0.196 e. The van der Waals surface area contributed by atoms with Gasteiger partial charge in [0.15, 0.2) is 11.6 Å². The molecular formula is C20H16O6. The third-order valence-electron chi connectivity index (χ3n) is 4.91.